The summed E-state index contributed by atoms with van der Waals surface area (Å²) in [5.74, 6) is -0.677. The molecule has 0 aliphatic heterocycles. The number of anilines is 1. The minimum atomic E-state index is -3.78. The Morgan fingerprint density at radius 1 is 1.05 bits per heavy atom. The fourth-order valence-electron chi connectivity index (χ4n) is 4.87. The largest absolute Gasteiger partial charge is 0.352 e. The Labute approximate surface area is 226 Å². The molecular weight excluding hydrogens is 510 g/mol. The maximum Gasteiger partial charge on any atom is 0.244 e. The van der Waals surface area contributed by atoms with Crippen molar-refractivity contribution in [3.05, 3.63) is 64.2 Å². The van der Waals surface area contributed by atoms with Gasteiger partial charge in [0.05, 0.1) is 11.9 Å². The van der Waals surface area contributed by atoms with Crippen molar-refractivity contribution in [1.29, 1.82) is 0 Å². The molecule has 202 valence electrons. The Morgan fingerprint density at radius 2 is 1.73 bits per heavy atom. The van der Waals surface area contributed by atoms with Crippen LogP contribution in [0, 0.1) is 13.8 Å². The maximum atomic E-state index is 13.9. The molecule has 2 aromatic carbocycles. The molecular formula is C28H38ClN3O4S. The molecule has 1 N–H and O–H groups in total. The van der Waals surface area contributed by atoms with Crippen molar-refractivity contribution in [2.45, 2.75) is 77.9 Å². The number of nitrogens with zero attached hydrogens (tertiary/aromatic N) is 2. The van der Waals surface area contributed by atoms with E-state index in [9.17, 15) is 18.0 Å². The molecule has 0 saturated heterocycles. The first-order valence-electron chi connectivity index (χ1n) is 12.9. The number of carbonyl (C=O) groups is 2. The average Bonchev–Trinajstić information content (AvgIpc) is 2.85. The normalized spacial score (nSPS) is 15.2. The molecule has 1 saturated carbocycles. The molecule has 0 bridgehead atoms. The molecule has 1 fully saturated rings. The molecule has 2 amide bonds. The summed E-state index contributed by atoms with van der Waals surface area (Å²) < 4.78 is 26.8. The summed E-state index contributed by atoms with van der Waals surface area (Å²) in [5, 5.41) is 3.62. The van der Waals surface area contributed by atoms with Gasteiger partial charge in [-0.25, -0.2) is 8.42 Å². The lowest BCUT2D eigenvalue weighted by atomic mass is 9.95. The van der Waals surface area contributed by atoms with Crippen LogP contribution in [-0.2, 0) is 26.2 Å². The van der Waals surface area contributed by atoms with Crippen molar-refractivity contribution in [2.24, 2.45) is 0 Å². The van der Waals surface area contributed by atoms with E-state index in [-0.39, 0.29) is 18.5 Å². The first-order valence-corrected chi connectivity index (χ1v) is 15.1. The van der Waals surface area contributed by atoms with Crippen LogP contribution in [0.2, 0.25) is 5.02 Å². The smallest absolute Gasteiger partial charge is 0.244 e. The highest BCUT2D eigenvalue weighted by molar-refractivity contribution is 7.92. The second kappa shape index (κ2) is 12.8. The number of aryl methyl sites for hydroxylation is 1. The minimum Gasteiger partial charge on any atom is -0.352 e. The van der Waals surface area contributed by atoms with Crippen molar-refractivity contribution in [2.75, 3.05) is 17.1 Å². The van der Waals surface area contributed by atoms with Gasteiger partial charge in [0, 0.05) is 17.6 Å². The van der Waals surface area contributed by atoms with E-state index in [0.717, 1.165) is 47.4 Å². The molecule has 3 rings (SSSR count). The number of amides is 2. The van der Waals surface area contributed by atoms with E-state index in [2.05, 4.69) is 5.32 Å². The maximum absolute atomic E-state index is 13.9. The number of benzene rings is 2. The van der Waals surface area contributed by atoms with Crippen molar-refractivity contribution >= 4 is 39.1 Å². The third-order valence-corrected chi connectivity index (χ3v) is 8.66. The summed E-state index contributed by atoms with van der Waals surface area (Å²) in [6.45, 7) is 5.27. The van der Waals surface area contributed by atoms with E-state index in [4.69, 9.17) is 11.6 Å². The summed E-state index contributed by atoms with van der Waals surface area (Å²) in [6.07, 6.45) is 6.64. The third-order valence-electron chi connectivity index (χ3n) is 7.16. The van der Waals surface area contributed by atoms with Gasteiger partial charge in [0.2, 0.25) is 21.8 Å². The van der Waals surface area contributed by atoms with Gasteiger partial charge in [-0.2, -0.15) is 0 Å². The fourth-order valence-corrected chi connectivity index (χ4v) is 5.97. The predicted molar refractivity (Wildman–Crippen MR) is 149 cm³/mol. The minimum absolute atomic E-state index is 0.0926. The second-order valence-corrected chi connectivity index (χ2v) is 12.2. The highest BCUT2D eigenvalue weighted by atomic mass is 35.5. The molecule has 9 heteroatoms. The summed E-state index contributed by atoms with van der Waals surface area (Å²) in [4.78, 5) is 28.8. The van der Waals surface area contributed by atoms with E-state index in [1.165, 1.54) is 11.3 Å². The number of rotatable bonds is 10. The standard InChI is InChI=1S/C28H38ClN3O4S/c1-5-25(28(34)30-23-14-7-6-8-15-23)31(18-22-13-9-10-16-24(22)29)27(33)19-32(37(4,35)36)26-17-11-12-20(2)21(26)3/h9-13,16-17,23,25H,5-8,14-15,18-19H2,1-4H3,(H,30,34)/t25-/m0/s1. The van der Waals surface area contributed by atoms with Gasteiger partial charge in [-0.05, 0) is 61.9 Å². The lowest BCUT2D eigenvalue weighted by Gasteiger charge is -2.34. The quantitative estimate of drug-likeness (QED) is 0.454. The zero-order chi connectivity index (χ0) is 27.2. The summed E-state index contributed by atoms with van der Waals surface area (Å²) in [7, 11) is -3.78. The van der Waals surface area contributed by atoms with Gasteiger partial charge in [0.1, 0.15) is 12.6 Å². The Morgan fingerprint density at radius 3 is 2.35 bits per heavy atom. The van der Waals surface area contributed by atoms with Crippen LogP contribution >= 0.6 is 11.6 Å². The van der Waals surface area contributed by atoms with Crippen LogP contribution in [0.5, 0.6) is 0 Å². The molecule has 37 heavy (non-hydrogen) atoms. The summed E-state index contributed by atoms with van der Waals surface area (Å²) in [5.41, 5.74) is 2.85. The Balaban J connectivity index is 1.95. The lowest BCUT2D eigenvalue weighted by Crippen LogP contribution is -2.54. The van der Waals surface area contributed by atoms with Crippen LogP contribution in [0.25, 0.3) is 0 Å². The number of carbonyl (C=O) groups excluding carboxylic acids is 2. The van der Waals surface area contributed by atoms with Crippen LogP contribution in [0.1, 0.15) is 62.1 Å². The molecule has 1 aliphatic carbocycles. The van der Waals surface area contributed by atoms with E-state index in [1.54, 1.807) is 24.3 Å². The molecule has 1 aliphatic rings. The van der Waals surface area contributed by atoms with Crippen molar-refractivity contribution in [3.63, 3.8) is 0 Å². The van der Waals surface area contributed by atoms with Gasteiger partial charge in [0.25, 0.3) is 0 Å². The topological polar surface area (TPSA) is 86.8 Å². The van der Waals surface area contributed by atoms with Crippen molar-refractivity contribution in [3.8, 4) is 0 Å². The van der Waals surface area contributed by atoms with Crippen LogP contribution < -0.4 is 9.62 Å². The molecule has 0 heterocycles. The fraction of sp³-hybridized carbons (Fsp3) is 0.500. The van der Waals surface area contributed by atoms with E-state index in [0.29, 0.717) is 22.7 Å². The van der Waals surface area contributed by atoms with Crippen LogP contribution in [0.4, 0.5) is 5.69 Å². The Hall–Kier alpha value is -2.58. The molecule has 0 aromatic heterocycles. The highest BCUT2D eigenvalue weighted by Crippen LogP contribution is 2.26. The highest BCUT2D eigenvalue weighted by Gasteiger charge is 2.33. The monoisotopic (exact) mass is 547 g/mol. The number of halogens is 1. The lowest BCUT2D eigenvalue weighted by molar-refractivity contribution is -0.140. The Kier molecular flexibility index (Phi) is 10.0. The zero-order valence-corrected chi connectivity index (χ0v) is 23.7. The van der Waals surface area contributed by atoms with Gasteiger partial charge >= 0.3 is 0 Å². The molecule has 1 atom stereocenters. The van der Waals surface area contributed by atoms with E-state index < -0.39 is 28.5 Å². The number of hydrogen-bond donors (Lipinski definition) is 1. The van der Waals surface area contributed by atoms with E-state index in [1.807, 2.05) is 39.0 Å². The molecule has 0 radical (unpaired) electrons. The van der Waals surface area contributed by atoms with Crippen LogP contribution in [0.15, 0.2) is 42.5 Å². The predicted octanol–water partition coefficient (Wildman–Crippen LogP) is 4.98. The first kappa shape index (κ1) is 29.0. The van der Waals surface area contributed by atoms with Crippen molar-refractivity contribution in [1.82, 2.24) is 10.2 Å². The first-order chi connectivity index (χ1) is 17.5. The van der Waals surface area contributed by atoms with E-state index >= 15 is 0 Å². The summed E-state index contributed by atoms with van der Waals surface area (Å²) in [6, 6.07) is 11.9. The molecule has 2 aromatic rings. The van der Waals surface area contributed by atoms with Crippen LogP contribution in [0.3, 0.4) is 0 Å². The van der Waals surface area contributed by atoms with Gasteiger partial charge in [-0.3, -0.25) is 13.9 Å². The average molecular weight is 548 g/mol. The number of hydrogen-bond acceptors (Lipinski definition) is 4. The Bertz CT molecular complexity index is 1210. The number of nitrogens with one attached hydrogen (secondary N) is 1. The van der Waals surface area contributed by atoms with Gasteiger partial charge in [-0.1, -0.05) is 68.1 Å². The van der Waals surface area contributed by atoms with Gasteiger partial charge < -0.3 is 10.2 Å². The van der Waals surface area contributed by atoms with Gasteiger partial charge in [-0.15, -0.1) is 0 Å². The number of sulfonamides is 1. The molecule has 0 unspecified atom stereocenters. The SMILES string of the molecule is CC[C@@H](C(=O)NC1CCCCC1)N(Cc1ccccc1Cl)C(=O)CN(c1cccc(C)c1C)S(C)(=O)=O. The van der Waals surface area contributed by atoms with Crippen LogP contribution in [-0.4, -0.2) is 50.0 Å². The second-order valence-electron chi connectivity index (χ2n) is 9.87. The van der Waals surface area contributed by atoms with Gasteiger partial charge in [0.15, 0.2) is 0 Å². The molecule has 7 nitrogen and oxygen atoms in total. The third kappa shape index (κ3) is 7.48. The molecule has 0 spiro atoms. The van der Waals surface area contributed by atoms with Crippen molar-refractivity contribution < 1.29 is 18.0 Å². The summed E-state index contributed by atoms with van der Waals surface area (Å²) >= 11 is 6.42. The zero-order valence-electron chi connectivity index (χ0n) is 22.2.